The standard InChI is InChI=1S/C57H77NO21/c1-30-34(74-50(69)42(64)40(32-20-14-12-15-21-32)58-52(70)79-53(3,4)5)27-57(71)48(77-49(68)33-22-16-13-17-23-33)46-55(8,36(61)26-37-56(46,29-73-37)78-31(2)60)47(67)45(39(30)54(57,6)7)76-38(62)24-18-10-9-11-19-25-72-51-44(66)43(65)41(63)35(28-59)75-51/h12-17,20-23,34-37,40-46,48,51,59,61,63-66,71H,9-11,18-19,24-29H2,1-8H3,(H,58,70)/t34-,35+,36-,37+,40-,41-,42+,43-,44+,45+,46-,48-,51+,55+,56-,57+/m0/s1. The summed E-state index contributed by atoms with van der Waals surface area (Å²) < 4.78 is 47.5. The number of unbranched alkanes of at least 4 members (excludes halogenated alkanes) is 4. The molecule has 7 rings (SSSR count). The zero-order valence-electron chi connectivity index (χ0n) is 45.9. The smallest absolute Gasteiger partial charge is 0.408 e. The van der Waals surface area contributed by atoms with Crippen LogP contribution in [-0.4, -0.2) is 175 Å². The number of fused-ring (bicyclic) bond motifs is 5. The van der Waals surface area contributed by atoms with Crippen LogP contribution >= 0.6 is 0 Å². The quantitative estimate of drug-likeness (QED) is 0.0434. The first-order chi connectivity index (χ1) is 37.1. The zero-order valence-corrected chi connectivity index (χ0v) is 45.9. The summed E-state index contributed by atoms with van der Waals surface area (Å²) in [7, 11) is 0. The van der Waals surface area contributed by atoms with Crippen LogP contribution in [0.4, 0.5) is 4.79 Å². The number of Topliss-reactive ketones (excluding diaryl/α,β-unsaturated/α-hetero) is 1. The number of ether oxygens (including phenoxy) is 8. The molecular formula is C57H77NO21. The van der Waals surface area contributed by atoms with E-state index < -0.39 is 156 Å². The van der Waals surface area contributed by atoms with Gasteiger partial charge in [0.25, 0.3) is 0 Å². The third kappa shape index (κ3) is 12.3. The van der Waals surface area contributed by atoms with Gasteiger partial charge in [-0.25, -0.2) is 14.4 Å². The number of esters is 4. The molecule has 2 saturated carbocycles. The number of aliphatic hydroxyl groups excluding tert-OH is 6. The monoisotopic (exact) mass is 1110 g/mol. The molecule has 1 amide bonds. The molecule has 2 aromatic carbocycles. The molecule has 4 fully saturated rings. The maximum absolute atomic E-state index is 16.1. The van der Waals surface area contributed by atoms with Gasteiger partial charge in [0.15, 0.2) is 29.9 Å². The normalized spacial score (nSPS) is 33.7. The summed E-state index contributed by atoms with van der Waals surface area (Å²) in [6, 6.07) is 14.4. The molecule has 22 heteroatoms. The Morgan fingerprint density at radius 2 is 1.48 bits per heavy atom. The molecule has 8 N–H and O–H groups in total. The van der Waals surface area contributed by atoms with Gasteiger partial charge in [0.2, 0.25) is 0 Å². The van der Waals surface area contributed by atoms with Crippen LogP contribution in [0.3, 0.4) is 0 Å². The maximum Gasteiger partial charge on any atom is 0.408 e. The Balaban J connectivity index is 1.23. The summed E-state index contributed by atoms with van der Waals surface area (Å²) >= 11 is 0. The summed E-state index contributed by atoms with van der Waals surface area (Å²) in [4.78, 5) is 85.8. The first-order valence-electron chi connectivity index (χ1n) is 26.9. The Hall–Kier alpha value is -5.40. The number of alkyl carbamates (subject to hydrolysis) is 1. The van der Waals surface area contributed by atoms with Crippen molar-refractivity contribution in [2.45, 2.75) is 197 Å². The number of hydrogen-bond donors (Lipinski definition) is 8. The largest absolute Gasteiger partial charge is 0.456 e. The number of hydrogen-bond acceptors (Lipinski definition) is 21. The Morgan fingerprint density at radius 1 is 0.848 bits per heavy atom. The van der Waals surface area contributed by atoms with Crippen molar-refractivity contribution in [2.24, 2.45) is 16.7 Å². The molecule has 0 radical (unpaired) electrons. The molecule has 79 heavy (non-hydrogen) atoms. The highest BCUT2D eigenvalue weighted by atomic mass is 16.7. The third-order valence-electron chi connectivity index (χ3n) is 16.5. The molecule has 0 unspecified atom stereocenters. The molecule has 2 saturated heterocycles. The molecule has 16 atom stereocenters. The van der Waals surface area contributed by atoms with Crippen LogP contribution in [0.25, 0.3) is 0 Å². The molecule has 2 aliphatic heterocycles. The van der Waals surface area contributed by atoms with Crippen LogP contribution in [0.2, 0.25) is 0 Å². The van der Waals surface area contributed by atoms with Crippen molar-refractivity contribution in [2.75, 3.05) is 19.8 Å². The highest BCUT2D eigenvalue weighted by Gasteiger charge is 2.78. The molecule has 2 bridgehead atoms. The van der Waals surface area contributed by atoms with E-state index in [1.165, 1.54) is 26.0 Å². The SMILES string of the molecule is CC(=O)O[C@@]12CO[C@@H]1C[C@H](O)[C@@]1(C)C(=O)[C@H](OC(=O)CCCCCCCO[C@@H]3O[C@H](CO)[C@H](O)[C@H](O)[C@H]3O)C3=C(C)[C@@H](OC(=O)[C@H](O)[C@@H](NC(=O)OC(C)(C)C)c4ccccc4)C[C@@](O)([C@@H](OC(=O)c4ccccc4)[C@H]21)C3(C)C. The maximum atomic E-state index is 16.1. The van der Waals surface area contributed by atoms with E-state index >= 15 is 4.79 Å². The van der Waals surface area contributed by atoms with Crippen molar-refractivity contribution in [3.05, 3.63) is 82.9 Å². The average Bonchev–Trinajstić information content (AvgIpc) is 3.07. The fourth-order valence-corrected chi connectivity index (χ4v) is 12.1. The fourth-order valence-electron chi connectivity index (χ4n) is 12.1. The van der Waals surface area contributed by atoms with Gasteiger partial charge in [-0.2, -0.15) is 0 Å². The zero-order chi connectivity index (χ0) is 58.0. The summed E-state index contributed by atoms with van der Waals surface area (Å²) in [5.41, 5.74) is -8.84. The Bertz CT molecular complexity index is 2550. The minimum atomic E-state index is -2.48. The van der Waals surface area contributed by atoms with Crippen LogP contribution in [0.5, 0.6) is 0 Å². The second-order valence-corrected chi connectivity index (χ2v) is 23.1. The molecule has 2 heterocycles. The van der Waals surface area contributed by atoms with Crippen molar-refractivity contribution in [3.8, 4) is 0 Å². The van der Waals surface area contributed by atoms with Gasteiger partial charge in [-0.3, -0.25) is 14.4 Å². The lowest BCUT2D eigenvalue weighted by Crippen LogP contribution is -2.82. The number of rotatable bonds is 19. The van der Waals surface area contributed by atoms with E-state index in [2.05, 4.69) is 5.32 Å². The van der Waals surface area contributed by atoms with Gasteiger partial charge >= 0.3 is 30.0 Å². The van der Waals surface area contributed by atoms with Crippen LogP contribution in [0.1, 0.15) is 129 Å². The fraction of sp³-hybridized carbons (Fsp3) is 0.649. The molecular weight excluding hydrogens is 1030 g/mol. The lowest BCUT2D eigenvalue weighted by Gasteiger charge is -2.67. The predicted octanol–water partition coefficient (Wildman–Crippen LogP) is 2.97. The Kier molecular flexibility index (Phi) is 18.9. The van der Waals surface area contributed by atoms with Gasteiger partial charge in [-0.05, 0) is 76.3 Å². The highest BCUT2D eigenvalue weighted by Crippen LogP contribution is 2.64. The lowest BCUT2D eigenvalue weighted by molar-refractivity contribution is -0.346. The minimum absolute atomic E-state index is 0.0322. The van der Waals surface area contributed by atoms with Gasteiger partial charge in [-0.15, -0.1) is 0 Å². The number of carbonyl (C=O) groups is 6. The van der Waals surface area contributed by atoms with Gasteiger partial charge in [0, 0.05) is 38.2 Å². The summed E-state index contributed by atoms with van der Waals surface area (Å²) in [5.74, 6) is -6.48. The van der Waals surface area contributed by atoms with E-state index in [1.807, 2.05) is 0 Å². The average molecular weight is 1110 g/mol. The van der Waals surface area contributed by atoms with E-state index in [0.29, 0.717) is 25.7 Å². The Labute approximate surface area is 458 Å². The van der Waals surface area contributed by atoms with E-state index in [9.17, 15) is 59.7 Å². The first kappa shape index (κ1) is 61.2. The topological polar surface area (TPSA) is 330 Å². The number of amides is 1. The molecule has 5 aliphatic rings. The van der Waals surface area contributed by atoms with Gasteiger partial charge in [-0.1, -0.05) is 81.6 Å². The third-order valence-corrected chi connectivity index (χ3v) is 16.5. The van der Waals surface area contributed by atoms with E-state index in [4.69, 9.17) is 37.9 Å². The van der Waals surface area contributed by atoms with Gasteiger partial charge < -0.3 is 79.0 Å². The molecule has 436 valence electrons. The number of benzene rings is 2. The highest BCUT2D eigenvalue weighted by molar-refractivity contribution is 5.96. The number of carbonyl (C=O) groups excluding carboxylic acids is 6. The molecule has 2 aromatic rings. The molecule has 22 nitrogen and oxygen atoms in total. The predicted molar refractivity (Wildman–Crippen MR) is 275 cm³/mol. The molecule has 0 aromatic heterocycles. The van der Waals surface area contributed by atoms with E-state index in [-0.39, 0.29) is 54.7 Å². The first-order valence-corrected chi connectivity index (χ1v) is 26.9. The minimum Gasteiger partial charge on any atom is -0.456 e. The molecule has 3 aliphatic carbocycles. The second kappa shape index (κ2) is 24.4. The van der Waals surface area contributed by atoms with Gasteiger partial charge in [0.05, 0.1) is 42.3 Å². The lowest BCUT2D eigenvalue weighted by atomic mass is 9.44. The van der Waals surface area contributed by atoms with Crippen molar-refractivity contribution in [3.63, 3.8) is 0 Å². The van der Waals surface area contributed by atoms with E-state index in [0.717, 1.165) is 6.92 Å². The van der Waals surface area contributed by atoms with E-state index in [1.54, 1.807) is 83.1 Å². The van der Waals surface area contributed by atoms with Crippen molar-refractivity contribution >= 4 is 35.8 Å². The molecule has 0 spiro atoms. The van der Waals surface area contributed by atoms with Gasteiger partial charge in [0.1, 0.15) is 53.9 Å². The second-order valence-electron chi connectivity index (χ2n) is 23.1. The number of aliphatic hydroxyl groups is 7. The van der Waals surface area contributed by atoms with Crippen molar-refractivity contribution < 1.29 is 102 Å². The van der Waals surface area contributed by atoms with Crippen LogP contribution in [0.15, 0.2) is 71.8 Å². The van der Waals surface area contributed by atoms with Crippen LogP contribution in [-0.2, 0) is 57.1 Å². The summed E-state index contributed by atoms with van der Waals surface area (Å²) in [5, 5.41) is 80.7. The van der Waals surface area contributed by atoms with Crippen molar-refractivity contribution in [1.29, 1.82) is 0 Å². The summed E-state index contributed by atoms with van der Waals surface area (Å²) in [6.07, 6.45) is -17.0. The van der Waals surface area contributed by atoms with Crippen LogP contribution < -0.4 is 5.32 Å². The van der Waals surface area contributed by atoms with Crippen LogP contribution in [0, 0.1) is 16.7 Å². The summed E-state index contributed by atoms with van der Waals surface area (Å²) in [6.45, 7) is 11.1. The van der Waals surface area contributed by atoms with Crippen molar-refractivity contribution in [1.82, 2.24) is 5.32 Å². The Morgan fingerprint density at radius 3 is 2.09 bits per heavy atom. The number of nitrogens with one attached hydrogen (secondary N) is 1. The number of ketones is 1.